The summed E-state index contributed by atoms with van der Waals surface area (Å²) in [5.41, 5.74) is 0. The highest BCUT2D eigenvalue weighted by Crippen LogP contribution is 2.20. The fourth-order valence-corrected chi connectivity index (χ4v) is 3.26. The quantitative estimate of drug-likeness (QED) is 0.705. The Labute approximate surface area is 115 Å². The molecule has 2 unspecified atom stereocenters. The van der Waals surface area contributed by atoms with Gasteiger partial charge < -0.3 is 14.9 Å². The molecule has 4 nitrogen and oxygen atoms in total. The summed E-state index contributed by atoms with van der Waals surface area (Å²) in [6, 6.07) is 0.175. The van der Waals surface area contributed by atoms with E-state index in [4.69, 9.17) is 0 Å². The fourth-order valence-electron chi connectivity index (χ4n) is 2.28. The van der Waals surface area contributed by atoms with Crippen LogP contribution < -0.4 is 0 Å². The summed E-state index contributed by atoms with van der Waals surface area (Å²) in [7, 11) is 4.01. The lowest BCUT2D eigenvalue weighted by atomic mass is 10.2. The number of thioether (sulfide) groups is 1. The minimum absolute atomic E-state index is 0.175. The number of hydrogen-bond acceptors (Lipinski definition) is 4. The van der Waals surface area contributed by atoms with Crippen molar-refractivity contribution in [1.82, 2.24) is 9.80 Å². The van der Waals surface area contributed by atoms with Crippen molar-refractivity contribution in [2.24, 2.45) is 0 Å². The average Bonchev–Trinajstić information content (AvgIpc) is 2.64. The van der Waals surface area contributed by atoms with Gasteiger partial charge in [0.25, 0.3) is 0 Å². The molecule has 1 aliphatic heterocycles. The van der Waals surface area contributed by atoms with E-state index in [1.165, 1.54) is 12.8 Å². The maximum absolute atomic E-state index is 12.1. The van der Waals surface area contributed by atoms with Gasteiger partial charge in [0.1, 0.15) is 0 Å². The molecule has 0 aliphatic carbocycles. The molecule has 0 aromatic heterocycles. The maximum Gasteiger partial charge on any atom is 0.232 e. The van der Waals surface area contributed by atoms with E-state index in [-0.39, 0.29) is 18.1 Å². The molecule has 1 rings (SSSR count). The van der Waals surface area contributed by atoms with Gasteiger partial charge in [0, 0.05) is 19.1 Å². The van der Waals surface area contributed by atoms with Crippen LogP contribution in [-0.2, 0) is 4.79 Å². The van der Waals surface area contributed by atoms with E-state index in [0.29, 0.717) is 18.7 Å². The third-order valence-corrected chi connectivity index (χ3v) is 4.18. The van der Waals surface area contributed by atoms with Crippen LogP contribution in [0.1, 0.15) is 26.2 Å². The lowest BCUT2D eigenvalue weighted by Crippen LogP contribution is -2.42. The van der Waals surface area contributed by atoms with Crippen molar-refractivity contribution >= 4 is 17.7 Å². The summed E-state index contributed by atoms with van der Waals surface area (Å²) in [6.45, 7) is 3.50. The van der Waals surface area contributed by atoms with Gasteiger partial charge in [0.2, 0.25) is 5.91 Å². The topological polar surface area (TPSA) is 43.8 Å². The maximum atomic E-state index is 12.1. The summed E-state index contributed by atoms with van der Waals surface area (Å²) in [5.74, 6) is 1.78. The number of hydrogen-bond donors (Lipinski definition) is 1. The number of carbonyl (C=O) groups excluding carboxylic acids is 1. The number of likely N-dealkylation sites (N-methyl/N-ethyl adjacent to an activating group) is 1. The molecule has 0 aromatic rings. The Hall–Kier alpha value is -0.260. The van der Waals surface area contributed by atoms with Crippen molar-refractivity contribution in [2.45, 2.75) is 38.3 Å². The fraction of sp³-hybridized carbons (Fsp3) is 0.923. The van der Waals surface area contributed by atoms with Crippen LogP contribution in [0.25, 0.3) is 0 Å². The Balaban J connectivity index is 2.38. The lowest BCUT2D eigenvalue weighted by Gasteiger charge is -2.26. The minimum Gasteiger partial charge on any atom is -0.391 e. The zero-order chi connectivity index (χ0) is 13.5. The summed E-state index contributed by atoms with van der Waals surface area (Å²) in [6.07, 6.45) is 2.71. The molecule has 0 spiro atoms. The standard InChI is InChI=1S/C13H26N2O2S/c1-4-5-6-18-10-13(17)15-9-12(16)7-11(15)8-14(2)3/h11-12,16H,4-10H2,1-3H3. The number of amides is 1. The molecule has 106 valence electrons. The van der Waals surface area contributed by atoms with Crippen LogP contribution >= 0.6 is 11.8 Å². The first-order chi connectivity index (χ1) is 8.54. The van der Waals surface area contributed by atoms with Crippen molar-refractivity contribution in [3.05, 3.63) is 0 Å². The highest BCUT2D eigenvalue weighted by molar-refractivity contribution is 7.99. The molecule has 1 saturated heterocycles. The van der Waals surface area contributed by atoms with Crippen LogP contribution in [0.5, 0.6) is 0 Å². The Morgan fingerprint density at radius 1 is 1.50 bits per heavy atom. The summed E-state index contributed by atoms with van der Waals surface area (Å²) < 4.78 is 0. The van der Waals surface area contributed by atoms with Gasteiger partial charge in [-0.25, -0.2) is 0 Å². The predicted molar refractivity (Wildman–Crippen MR) is 76.9 cm³/mol. The number of β-amino-alcohol motifs (C(OH)–C–C–N with tert-alkyl or cyclic N) is 1. The summed E-state index contributed by atoms with van der Waals surface area (Å²) >= 11 is 1.71. The van der Waals surface area contributed by atoms with E-state index < -0.39 is 0 Å². The summed E-state index contributed by atoms with van der Waals surface area (Å²) in [5, 5.41) is 9.72. The molecule has 0 aromatic carbocycles. The average molecular weight is 274 g/mol. The highest BCUT2D eigenvalue weighted by atomic mass is 32.2. The van der Waals surface area contributed by atoms with Gasteiger partial charge >= 0.3 is 0 Å². The normalized spacial score (nSPS) is 23.9. The monoisotopic (exact) mass is 274 g/mol. The van der Waals surface area contributed by atoms with Gasteiger partial charge in [-0.15, -0.1) is 0 Å². The number of nitrogens with zero attached hydrogens (tertiary/aromatic N) is 2. The van der Waals surface area contributed by atoms with Crippen LogP contribution in [0, 0.1) is 0 Å². The molecule has 1 amide bonds. The third-order valence-electron chi connectivity index (χ3n) is 3.16. The first kappa shape index (κ1) is 15.8. The molecule has 1 heterocycles. The molecule has 0 bridgehead atoms. The van der Waals surface area contributed by atoms with Crippen molar-refractivity contribution < 1.29 is 9.90 Å². The number of aliphatic hydroxyl groups is 1. The second kappa shape index (κ2) is 8.02. The molecular weight excluding hydrogens is 248 g/mol. The minimum atomic E-state index is -0.348. The lowest BCUT2D eigenvalue weighted by molar-refractivity contribution is -0.129. The SMILES string of the molecule is CCCCSCC(=O)N1CC(O)CC1CN(C)C. The van der Waals surface area contributed by atoms with E-state index >= 15 is 0 Å². The van der Waals surface area contributed by atoms with E-state index in [2.05, 4.69) is 11.8 Å². The molecule has 0 radical (unpaired) electrons. The van der Waals surface area contributed by atoms with E-state index in [0.717, 1.165) is 12.3 Å². The smallest absolute Gasteiger partial charge is 0.232 e. The second-order valence-electron chi connectivity index (χ2n) is 5.26. The molecule has 18 heavy (non-hydrogen) atoms. The predicted octanol–water partition coefficient (Wildman–Crippen LogP) is 1.04. The zero-order valence-corrected chi connectivity index (χ0v) is 12.6. The van der Waals surface area contributed by atoms with Crippen LogP contribution in [0.2, 0.25) is 0 Å². The van der Waals surface area contributed by atoms with Gasteiger partial charge in [-0.05, 0) is 32.7 Å². The van der Waals surface area contributed by atoms with E-state index in [1.807, 2.05) is 19.0 Å². The molecule has 2 atom stereocenters. The number of aliphatic hydroxyl groups excluding tert-OH is 1. The molecule has 1 fully saturated rings. The largest absolute Gasteiger partial charge is 0.391 e. The van der Waals surface area contributed by atoms with Crippen molar-refractivity contribution in [2.75, 3.05) is 38.7 Å². The van der Waals surface area contributed by atoms with Crippen LogP contribution in [0.15, 0.2) is 0 Å². The van der Waals surface area contributed by atoms with Gasteiger partial charge in [-0.2, -0.15) is 11.8 Å². The molecule has 1 N–H and O–H groups in total. The van der Waals surface area contributed by atoms with E-state index in [1.54, 1.807) is 11.8 Å². The van der Waals surface area contributed by atoms with Crippen molar-refractivity contribution in [3.8, 4) is 0 Å². The second-order valence-corrected chi connectivity index (χ2v) is 6.36. The van der Waals surface area contributed by atoms with Crippen LogP contribution in [0.4, 0.5) is 0 Å². The van der Waals surface area contributed by atoms with Gasteiger partial charge in [-0.3, -0.25) is 4.79 Å². The molecule has 1 aliphatic rings. The molecule has 0 saturated carbocycles. The Kier molecular flexibility index (Phi) is 7.04. The van der Waals surface area contributed by atoms with Gasteiger partial charge in [-0.1, -0.05) is 13.3 Å². The molecular formula is C13H26N2O2S. The number of rotatable bonds is 7. The first-order valence-corrected chi connectivity index (χ1v) is 7.90. The van der Waals surface area contributed by atoms with E-state index in [9.17, 15) is 9.90 Å². The van der Waals surface area contributed by atoms with Crippen LogP contribution in [0.3, 0.4) is 0 Å². The van der Waals surface area contributed by atoms with Gasteiger partial charge in [0.15, 0.2) is 0 Å². The first-order valence-electron chi connectivity index (χ1n) is 6.74. The highest BCUT2D eigenvalue weighted by Gasteiger charge is 2.33. The Morgan fingerprint density at radius 3 is 2.83 bits per heavy atom. The van der Waals surface area contributed by atoms with Gasteiger partial charge in [0.05, 0.1) is 11.9 Å². The molecule has 5 heteroatoms. The number of carbonyl (C=O) groups is 1. The third kappa shape index (κ3) is 5.16. The zero-order valence-electron chi connectivity index (χ0n) is 11.8. The van der Waals surface area contributed by atoms with Crippen molar-refractivity contribution in [3.63, 3.8) is 0 Å². The van der Waals surface area contributed by atoms with Crippen LogP contribution in [-0.4, -0.2) is 71.6 Å². The number of unbranched alkanes of at least 4 members (excludes halogenated alkanes) is 1. The Bertz CT molecular complexity index is 261. The number of likely N-dealkylation sites (tertiary alicyclic amines) is 1. The summed E-state index contributed by atoms with van der Waals surface area (Å²) in [4.78, 5) is 16.1. The Morgan fingerprint density at radius 2 is 2.22 bits per heavy atom. The van der Waals surface area contributed by atoms with Crippen molar-refractivity contribution in [1.29, 1.82) is 0 Å².